The first-order valence-electron chi connectivity index (χ1n) is 8.37. The normalized spacial score (nSPS) is 12.7. The van der Waals surface area contributed by atoms with E-state index in [-0.39, 0.29) is 18.7 Å². The smallest absolute Gasteiger partial charge is 0.321 e. The van der Waals surface area contributed by atoms with E-state index in [1.807, 2.05) is 6.07 Å². The van der Waals surface area contributed by atoms with Gasteiger partial charge in [-0.2, -0.15) is 13.2 Å². The Balaban J connectivity index is 2.22. The Morgan fingerprint density at radius 1 is 1.10 bits per heavy atom. The zero-order valence-electron chi connectivity index (χ0n) is 15.3. The van der Waals surface area contributed by atoms with E-state index in [1.165, 1.54) is 6.92 Å². The molecule has 0 atom stereocenters. The predicted octanol–water partition coefficient (Wildman–Crippen LogP) is 4.20. The third kappa shape index (κ3) is 6.83. The van der Waals surface area contributed by atoms with Crippen molar-refractivity contribution in [3.63, 3.8) is 0 Å². The summed E-state index contributed by atoms with van der Waals surface area (Å²) in [6.07, 6.45) is -3.50. The molecule has 10 heteroatoms. The van der Waals surface area contributed by atoms with Gasteiger partial charge in [-0.1, -0.05) is 42.5 Å². The summed E-state index contributed by atoms with van der Waals surface area (Å²) in [4.78, 5) is 36.4. The van der Waals surface area contributed by atoms with Crippen LogP contribution in [0.3, 0.4) is 0 Å². The van der Waals surface area contributed by atoms with Crippen LogP contribution in [0.2, 0.25) is 0 Å². The second-order valence-corrected chi connectivity index (χ2v) is 7.62. The Bertz CT molecular complexity index is 908. The minimum absolute atomic E-state index is 0.0553. The van der Waals surface area contributed by atoms with Crippen LogP contribution in [0.25, 0.3) is 5.31 Å². The molecule has 0 spiro atoms. The van der Waals surface area contributed by atoms with Gasteiger partial charge < -0.3 is 9.79 Å². The van der Waals surface area contributed by atoms with Crippen LogP contribution in [0.4, 0.5) is 13.2 Å². The quantitative estimate of drug-likeness (QED) is 0.509. The van der Waals surface area contributed by atoms with Gasteiger partial charge in [0.05, 0.1) is 17.4 Å². The molecule has 0 aliphatic rings. The average Bonchev–Trinajstić information content (AvgIpc) is 2.63. The summed E-state index contributed by atoms with van der Waals surface area (Å²) in [6, 6.07) is 12.3. The third-order valence-electron chi connectivity index (χ3n) is 3.85. The number of hydrogen-bond donors (Lipinski definition) is 2. The molecule has 0 fully saturated rings. The van der Waals surface area contributed by atoms with E-state index in [9.17, 15) is 32.3 Å². The fourth-order valence-electron chi connectivity index (χ4n) is 2.40. The van der Waals surface area contributed by atoms with Crippen LogP contribution in [0, 0.1) is 0 Å². The molecule has 0 bridgehead atoms. The van der Waals surface area contributed by atoms with Gasteiger partial charge in [0.15, 0.2) is 0 Å². The lowest BCUT2D eigenvalue weighted by molar-refractivity contribution is -0.185. The van der Waals surface area contributed by atoms with Crippen LogP contribution in [0.5, 0.6) is 0 Å². The Hall–Kier alpha value is -2.45. The van der Waals surface area contributed by atoms with E-state index in [0.29, 0.717) is 0 Å². The van der Waals surface area contributed by atoms with E-state index in [4.69, 9.17) is 4.84 Å². The monoisotopic (exact) mass is 429 g/mol. The van der Waals surface area contributed by atoms with Crippen LogP contribution >= 0.6 is 7.60 Å². The zero-order chi connectivity index (χ0) is 21.7. The van der Waals surface area contributed by atoms with E-state index in [0.717, 1.165) is 41.0 Å². The van der Waals surface area contributed by atoms with Gasteiger partial charge in [0.2, 0.25) is 5.91 Å². The van der Waals surface area contributed by atoms with Gasteiger partial charge in [-0.15, -0.1) is 0 Å². The van der Waals surface area contributed by atoms with Gasteiger partial charge in [0, 0.05) is 6.92 Å². The minimum Gasteiger partial charge on any atom is -0.321 e. The predicted molar refractivity (Wildman–Crippen MR) is 100 cm³/mol. The average molecular weight is 429 g/mol. The van der Waals surface area contributed by atoms with Crippen LogP contribution in [-0.4, -0.2) is 27.3 Å². The first-order valence-corrected chi connectivity index (χ1v) is 9.98. The number of halogens is 3. The molecular formula is C19H19F3NO5P. The lowest BCUT2D eigenvalue weighted by Crippen LogP contribution is -2.29. The fourth-order valence-corrected chi connectivity index (χ4v) is 3.21. The van der Waals surface area contributed by atoms with Crippen LogP contribution < -0.4 is 0 Å². The van der Waals surface area contributed by atoms with Crippen molar-refractivity contribution in [3.8, 4) is 0 Å². The molecule has 29 heavy (non-hydrogen) atoms. The van der Waals surface area contributed by atoms with Crippen molar-refractivity contribution in [3.05, 3.63) is 77.4 Å². The number of amides is 1. The molecular weight excluding hydrogens is 410 g/mol. The van der Waals surface area contributed by atoms with E-state index in [1.54, 1.807) is 24.3 Å². The van der Waals surface area contributed by atoms with Crippen molar-refractivity contribution in [2.45, 2.75) is 19.7 Å². The van der Waals surface area contributed by atoms with Crippen molar-refractivity contribution in [2.75, 3.05) is 6.54 Å². The largest absolute Gasteiger partial charge is 0.416 e. The molecule has 0 aliphatic carbocycles. The number of carbonyl (C=O) groups is 1. The summed E-state index contributed by atoms with van der Waals surface area (Å²) in [5, 5.41) is 0.410. The third-order valence-corrected chi connectivity index (χ3v) is 4.92. The van der Waals surface area contributed by atoms with Crippen LogP contribution in [0.1, 0.15) is 23.6 Å². The molecule has 2 aromatic carbocycles. The molecule has 156 valence electrons. The zero-order valence-corrected chi connectivity index (χ0v) is 16.2. The molecule has 0 saturated heterocycles. The standard InChI is InChI=1S/C19H19F3NO5P/c1-14(24)23(28-13-15-5-3-2-4-6-15)12-11-18(29(25,26)27)16-7-9-17(10-8-16)19(20,21)22/h2-11H,12-13H2,1H3,(H2,25,26,27). The maximum absolute atomic E-state index is 12.7. The highest BCUT2D eigenvalue weighted by atomic mass is 31.2. The van der Waals surface area contributed by atoms with E-state index < -0.39 is 30.6 Å². The highest BCUT2D eigenvalue weighted by molar-refractivity contribution is 7.63. The van der Waals surface area contributed by atoms with Crippen LogP contribution in [-0.2, 0) is 27.0 Å². The summed E-state index contributed by atoms with van der Waals surface area (Å²) < 4.78 is 49.9. The maximum atomic E-state index is 12.7. The van der Waals surface area contributed by atoms with Crippen molar-refractivity contribution >= 4 is 18.8 Å². The Morgan fingerprint density at radius 2 is 1.69 bits per heavy atom. The second kappa shape index (κ2) is 9.37. The number of carbonyl (C=O) groups excluding carboxylic acids is 1. The molecule has 0 saturated carbocycles. The molecule has 2 aromatic rings. The van der Waals surface area contributed by atoms with E-state index in [2.05, 4.69) is 0 Å². The summed E-state index contributed by atoms with van der Waals surface area (Å²) in [5.74, 6) is -0.505. The molecule has 0 aliphatic heterocycles. The fraction of sp³-hybridized carbons (Fsp3) is 0.211. The molecule has 0 radical (unpaired) electrons. The molecule has 2 N–H and O–H groups in total. The Kier molecular flexibility index (Phi) is 7.37. The minimum atomic E-state index is -4.83. The summed E-state index contributed by atoms with van der Waals surface area (Å²) in [6.45, 7) is 0.970. The Morgan fingerprint density at radius 3 is 2.17 bits per heavy atom. The first kappa shape index (κ1) is 22.8. The number of hydroxylamine groups is 2. The second-order valence-electron chi connectivity index (χ2n) is 6.05. The van der Waals surface area contributed by atoms with Crippen molar-refractivity contribution < 1.29 is 37.2 Å². The topological polar surface area (TPSA) is 87.1 Å². The maximum Gasteiger partial charge on any atom is 0.416 e. The first-order chi connectivity index (χ1) is 13.5. The van der Waals surface area contributed by atoms with Gasteiger partial charge in [-0.05, 0) is 29.3 Å². The number of alkyl halides is 3. The molecule has 1 amide bonds. The van der Waals surface area contributed by atoms with Crippen molar-refractivity contribution in [2.24, 2.45) is 0 Å². The number of nitrogens with zero attached hydrogens (tertiary/aromatic N) is 1. The van der Waals surface area contributed by atoms with Gasteiger partial charge in [0.1, 0.15) is 6.61 Å². The number of benzene rings is 2. The number of rotatable bonds is 7. The molecule has 2 rings (SSSR count). The van der Waals surface area contributed by atoms with E-state index >= 15 is 0 Å². The lowest BCUT2D eigenvalue weighted by atomic mass is 10.1. The number of hydrogen-bond acceptors (Lipinski definition) is 3. The van der Waals surface area contributed by atoms with Gasteiger partial charge in [-0.25, -0.2) is 5.06 Å². The van der Waals surface area contributed by atoms with Gasteiger partial charge >= 0.3 is 13.8 Å². The SMILES string of the molecule is CC(=O)N(CC=C(c1ccc(C(F)(F)F)cc1)P(=O)(O)O)OCc1ccccc1. The molecule has 0 heterocycles. The highest BCUT2D eigenvalue weighted by Crippen LogP contribution is 2.51. The van der Waals surface area contributed by atoms with Crippen molar-refractivity contribution in [1.82, 2.24) is 5.06 Å². The van der Waals surface area contributed by atoms with Crippen molar-refractivity contribution in [1.29, 1.82) is 0 Å². The molecule has 0 aromatic heterocycles. The summed E-state index contributed by atoms with van der Waals surface area (Å²) >= 11 is 0. The summed E-state index contributed by atoms with van der Waals surface area (Å²) in [7, 11) is -4.83. The molecule has 6 nitrogen and oxygen atoms in total. The van der Waals surface area contributed by atoms with Gasteiger partial charge in [-0.3, -0.25) is 14.2 Å². The molecule has 0 unspecified atom stereocenters. The lowest BCUT2D eigenvalue weighted by Gasteiger charge is -2.20. The van der Waals surface area contributed by atoms with Crippen LogP contribution in [0.15, 0.2) is 60.7 Å². The Labute approximate surface area is 165 Å². The highest BCUT2D eigenvalue weighted by Gasteiger charge is 2.31. The van der Waals surface area contributed by atoms with Gasteiger partial charge in [0.25, 0.3) is 0 Å². The summed E-state index contributed by atoms with van der Waals surface area (Å²) in [5.41, 5.74) is -0.249.